The van der Waals surface area contributed by atoms with E-state index < -0.39 is 8.60 Å². The van der Waals surface area contributed by atoms with E-state index in [1.54, 1.807) is 0 Å². The van der Waals surface area contributed by atoms with Gasteiger partial charge in [-0.1, -0.05) is 95.6 Å². The van der Waals surface area contributed by atoms with Crippen molar-refractivity contribution in [2.24, 2.45) is 0 Å². The van der Waals surface area contributed by atoms with E-state index in [9.17, 15) is 0 Å². The Balaban J connectivity index is 2.12. The maximum absolute atomic E-state index is 6.72. The minimum Gasteiger partial charge on any atom is -0.408 e. The molecule has 0 radical (unpaired) electrons. The number of aryl methyl sites for hydroxylation is 3. The molecule has 0 aromatic heterocycles. The lowest BCUT2D eigenvalue weighted by atomic mass is 9.78. The van der Waals surface area contributed by atoms with E-state index in [2.05, 4.69) is 60.6 Å². The van der Waals surface area contributed by atoms with Gasteiger partial charge in [-0.2, -0.15) is 0 Å². The minimum atomic E-state index is -1.76. The third-order valence-electron chi connectivity index (χ3n) is 5.55. The zero-order chi connectivity index (χ0) is 24.4. The smallest absolute Gasteiger partial charge is 0.408 e. The van der Waals surface area contributed by atoms with Crippen LogP contribution >= 0.6 is 8.60 Å². The van der Waals surface area contributed by atoms with Crippen LogP contribution in [0.5, 0.6) is 17.2 Å². The number of para-hydroxylation sites is 2. The molecule has 0 spiro atoms. The molecule has 3 aromatic rings. The van der Waals surface area contributed by atoms with Gasteiger partial charge in [0.1, 0.15) is 17.2 Å². The predicted octanol–water partition coefficient (Wildman–Crippen LogP) is 8.97. The highest BCUT2D eigenvalue weighted by Gasteiger charge is 2.32. The van der Waals surface area contributed by atoms with Crippen molar-refractivity contribution >= 4 is 8.60 Å². The van der Waals surface area contributed by atoms with Crippen molar-refractivity contribution in [2.75, 3.05) is 0 Å². The molecule has 3 aromatic carbocycles. The van der Waals surface area contributed by atoms with Crippen molar-refractivity contribution in [3.05, 3.63) is 88.5 Å². The summed E-state index contributed by atoms with van der Waals surface area (Å²) in [5.41, 5.74) is 5.40. The van der Waals surface area contributed by atoms with Crippen molar-refractivity contribution in [3.8, 4) is 17.2 Å². The Hall–Kier alpha value is -2.51. The second-order valence-electron chi connectivity index (χ2n) is 10.7. The third-order valence-corrected chi connectivity index (χ3v) is 6.57. The van der Waals surface area contributed by atoms with Crippen molar-refractivity contribution in [1.29, 1.82) is 0 Å². The summed E-state index contributed by atoms with van der Waals surface area (Å²) in [4.78, 5) is 0. The number of hydrogen-bond donors (Lipinski definition) is 0. The summed E-state index contributed by atoms with van der Waals surface area (Å²) in [6.07, 6.45) is 0. The summed E-state index contributed by atoms with van der Waals surface area (Å²) in [7, 11) is -1.76. The van der Waals surface area contributed by atoms with E-state index in [0.29, 0.717) is 0 Å². The summed E-state index contributed by atoms with van der Waals surface area (Å²) < 4.78 is 19.5. The lowest BCUT2D eigenvalue weighted by Crippen LogP contribution is -2.20. The van der Waals surface area contributed by atoms with Crippen LogP contribution in [0, 0.1) is 20.8 Å². The Morgan fingerprint density at radius 1 is 0.576 bits per heavy atom. The van der Waals surface area contributed by atoms with E-state index in [0.717, 1.165) is 39.5 Å². The molecule has 0 saturated heterocycles. The number of benzene rings is 3. The first-order valence-electron chi connectivity index (χ1n) is 11.5. The fourth-order valence-electron chi connectivity index (χ4n) is 3.59. The zero-order valence-electron chi connectivity index (χ0n) is 21.4. The molecule has 0 amide bonds. The molecule has 4 heteroatoms. The topological polar surface area (TPSA) is 27.7 Å². The largest absolute Gasteiger partial charge is 0.530 e. The van der Waals surface area contributed by atoms with Crippen LogP contribution in [0.1, 0.15) is 69.4 Å². The fourth-order valence-corrected chi connectivity index (χ4v) is 4.78. The Morgan fingerprint density at radius 2 is 0.970 bits per heavy atom. The molecule has 0 fully saturated rings. The first-order valence-corrected chi connectivity index (χ1v) is 12.6. The van der Waals surface area contributed by atoms with Crippen LogP contribution in [0.2, 0.25) is 0 Å². The van der Waals surface area contributed by atoms with Gasteiger partial charge in [-0.3, -0.25) is 0 Å². The van der Waals surface area contributed by atoms with Gasteiger partial charge in [0.25, 0.3) is 0 Å². The van der Waals surface area contributed by atoms with E-state index >= 15 is 0 Å². The SMILES string of the molecule is Cc1cc(C(C)(C)C)c(OP(Oc2ccccc2C)Oc2ccccc2C)c(C(C)(C)C)c1. The lowest BCUT2D eigenvalue weighted by molar-refractivity contribution is 0.374. The number of rotatable bonds is 6. The normalized spacial score (nSPS) is 12.1. The van der Waals surface area contributed by atoms with Gasteiger partial charge >= 0.3 is 8.60 Å². The Bertz CT molecular complexity index is 1020. The maximum atomic E-state index is 6.72. The van der Waals surface area contributed by atoms with Gasteiger partial charge in [-0.15, -0.1) is 0 Å². The summed E-state index contributed by atoms with van der Waals surface area (Å²) >= 11 is 0. The molecule has 0 N–H and O–H groups in total. The fraction of sp³-hybridized carbons (Fsp3) is 0.379. The summed E-state index contributed by atoms with van der Waals surface area (Å²) in [6.45, 7) is 19.5. The molecule has 33 heavy (non-hydrogen) atoms. The molecule has 0 saturated carbocycles. The van der Waals surface area contributed by atoms with Crippen LogP contribution in [-0.2, 0) is 10.8 Å². The van der Waals surface area contributed by atoms with Crippen molar-refractivity contribution in [2.45, 2.75) is 73.1 Å². The van der Waals surface area contributed by atoms with Crippen molar-refractivity contribution < 1.29 is 13.6 Å². The first kappa shape index (κ1) is 25.1. The summed E-state index contributed by atoms with van der Waals surface area (Å²) in [5, 5.41) is 0. The van der Waals surface area contributed by atoms with E-state index in [1.165, 1.54) is 5.56 Å². The van der Waals surface area contributed by atoms with Crippen molar-refractivity contribution in [3.63, 3.8) is 0 Å². The summed E-state index contributed by atoms with van der Waals surface area (Å²) in [6, 6.07) is 20.4. The third kappa shape index (κ3) is 6.30. The average molecular weight is 465 g/mol. The van der Waals surface area contributed by atoms with Crippen LogP contribution in [0.3, 0.4) is 0 Å². The van der Waals surface area contributed by atoms with Crippen LogP contribution in [0.4, 0.5) is 0 Å². The first-order chi connectivity index (χ1) is 15.4. The van der Waals surface area contributed by atoms with Crippen LogP contribution in [0.15, 0.2) is 60.7 Å². The van der Waals surface area contributed by atoms with Gasteiger partial charge in [0.2, 0.25) is 0 Å². The molecule has 0 heterocycles. The molecule has 0 aliphatic carbocycles. The Morgan fingerprint density at radius 3 is 1.33 bits per heavy atom. The van der Waals surface area contributed by atoms with Gasteiger partial charge in [-0.25, -0.2) is 0 Å². The van der Waals surface area contributed by atoms with Crippen LogP contribution in [0.25, 0.3) is 0 Å². The number of hydrogen-bond acceptors (Lipinski definition) is 3. The summed E-state index contributed by atoms with van der Waals surface area (Å²) in [5.74, 6) is 2.38. The average Bonchev–Trinajstić information content (AvgIpc) is 2.70. The molecular weight excluding hydrogens is 427 g/mol. The van der Waals surface area contributed by atoms with E-state index in [-0.39, 0.29) is 10.8 Å². The van der Waals surface area contributed by atoms with Gasteiger partial charge in [0.05, 0.1) is 0 Å². The van der Waals surface area contributed by atoms with Gasteiger partial charge in [0, 0.05) is 11.1 Å². The zero-order valence-corrected chi connectivity index (χ0v) is 22.3. The van der Waals surface area contributed by atoms with Gasteiger partial charge in [-0.05, 0) is 54.9 Å². The lowest BCUT2D eigenvalue weighted by Gasteiger charge is -2.31. The predicted molar refractivity (Wildman–Crippen MR) is 140 cm³/mol. The Kier molecular flexibility index (Phi) is 7.44. The van der Waals surface area contributed by atoms with Crippen molar-refractivity contribution in [1.82, 2.24) is 0 Å². The van der Waals surface area contributed by atoms with E-state index in [1.807, 2.05) is 62.4 Å². The highest BCUT2D eigenvalue weighted by atomic mass is 31.2. The molecule has 3 rings (SSSR count). The molecule has 176 valence electrons. The van der Waals surface area contributed by atoms with E-state index in [4.69, 9.17) is 13.6 Å². The highest BCUT2D eigenvalue weighted by molar-refractivity contribution is 7.43. The monoisotopic (exact) mass is 464 g/mol. The van der Waals surface area contributed by atoms with Gasteiger partial charge in [0.15, 0.2) is 0 Å². The van der Waals surface area contributed by atoms with Gasteiger partial charge < -0.3 is 13.6 Å². The second-order valence-corrected chi connectivity index (χ2v) is 11.7. The maximum Gasteiger partial charge on any atom is 0.530 e. The molecule has 0 unspecified atom stereocenters. The Labute approximate surface area is 201 Å². The molecule has 0 atom stereocenters. The van der Waals surface area contributed by atoms with Crippen LogP contribution < -0.4 is 13.6 Å². The minimum absolute atomic E-state index is 0.103. The quantitative estimate of drug-likeness (QED) is 0.341. The van der Waals surface area contributed by atoms with Crippen LogP contribution in [-0.4, -0.2) is 0 Å². The molecule has 0 aliphatic rings. The molecule has 0 aliphatic heterocycles. The second kappa shape index (κ2) is 9.77. The molecule has 0 bridgehead atoms. The molecule has 3 nitrogen and oxygen atoms in total. The highest BCUT2D eigenvalue weighted by Crippen LogP contribution is 2.49. The molecular formula is C29H37O3P. The standard InChI is InChI=1S/C29H37O3P/c1-20-18-23(28(4,5)6)27(24(19-20)29(7,8)9)32-33(30-25-16-12-10-14-21(25)2)31-26-17-13-11-15-22(26)3/h10-19H,1-9H3.